The molecule has 2 aliphatic rings. The van der Waals surface area contributed by atoms with Gasteiger partial charge in [-0.1, -0.05) is 24.3 Å². The Kier molecular flexibility index (Phi) is 5.88. The van der Waals surface area contributed by atoms with Gasteiger partial charge in [-0.2, -0.15) is 18.2 Å². The zero-order valence-electron chi connectivity index (χ0n) is 21.5. The van der Waals surface area contributed by atoms with Crippen LogP contribution in [0.25, 0.3) is 22.8 Å². The second kappa shape index (κ2) is 9.17. The van der Waals surface area contributed by atoms with Crippen LogP contribution in [-0.2, 0) is 24.6 Å². The first-order chi connectivity index (χ1) is 18.7. The number of hydrogen-bond donors (Lipinski definition) is 0. The molecule has 1 unspecified atom stereocenters. The molecule has 1 amide bonds. The molecule has 3 aromatic heterocycles. The number of anilines is 1. The predicted octanol–water partition coefficient (Wildman–Crippen LogP) is 4.54. The van der Waals surface area contributed by atoms with Crippen LogP contribution in [0.3, 0.4) is 0 Å². The SMILES string of the molecule is COc1ncnc(C2CC2)c1-c1nc2n(n1)CCC(=O)N2C(C)c1ccc(-c2nc(C(F)(F)F)cn2C)cc1. The molecular weight excluding hydrogens is 513 g/mol. The molecule has 39 heavy (non-hydrogen) atoms. The van der Waals surface area contributed by atoms with Crippen molar-refractivity contribution in [3.8, 4) is 28.7 Å². The Labute approximate surface area is 221 Å². The Morgan fingerprint density at radius 2 is 1.85 bits per heavy atom. The zero-order valence-corrected chi connectivity index (χ0v) is 21.5. The third kappa shape index (κ3) is 4.41. The molecule has 4 aromatic rings. The van der Waals surface area contributed by atoms with E-state index < -0.39 is 17.9 Å². The molecular formula is C26H25F3N8O2. The van der Waals surface area contributed by atoms with Crippen LogP contribution in [0.1, 0.15) is 55.1 Å². The van der Waals surface area contributed by atoms with Gasteiger partial charge >= 0.3 is 6.18 Å². The fraction of sp³-hybridized carbons (Fsp3) is 0.385. The Hall–Kier alpha value is -4.29. The minimum absolute atomic E-state index is 0.101. The van der Waals surface area contributed by atoms with E-state index in [4.69, 9.17) is 14.8 Å². The minimum Gasteiger partial charge on any atom is -0.480 e. The minimum atomic E-state index is -4.52. The summed E-state index contributed by atoms with van der Waals surface area (Å²) in [6.45, 7) is 2.26. The molecule has 0 saturated heterocycles. The summed E-state index contributed by atoms with van der Waals surface area (Å²) in [6, 6.07) is 6.56. The molecule has 4 heterocycles. The highest BCUT2D eigenvalue weighted by Crippen LogP contribution is 2.45. The molecule has 10 nitrogen and oxygen atoms in total. The summed E-state index contributed by atoms with van der Waals surface area (Å²) < 4.78 is 47.9. The lowest BCUT2D eigenvalue weighted by atomic mass is 10.0. The molecule has 1 saturated carbocycles. The molecule has 1 aromatic carbocycles. The van der Waals surface area contributed by atoms with Crippen molar-refractivity contribution in [2.24, 2.45) is 7.05 Å². The monoisotopic (exact) mass is 538 g/mol. The number of alkyl halides is 3. The Morgan fingerprint density at radius 1 is 1.10 bits per heavy atom. The third-order valence-electron chi connectivity index (χ3n) is 7.10. The number of aromatic nitrogens is 7. The number of benzene rings is 1. The number of rotatable bonds is 6. The standard InChI is InChI=1S/C26H25F3N8O2/c1-14(15-4-8-17(9-5-15)23-32-18(12-35(23)2)26(27,28)29)37-19(38)10-11-36-25(37)33-22(34-36)20-21(16-6-7-16)30-13-31-24(20)39-3/h4-5,8-9,12-14,16H,6-7,10-11H2,1-3H3. The maximum absolute atomic E-state index is 13.1. The van der Waals surface area contributed by atoms with Crippen molar-refractivity contribution >= 4 is 11.9 Å². The second-order valence-electron chi connectivity index (χ2n) is 9.75. The van der Waals surface area contributed by atoms with Gasteiger partial charge in [0, 0.05) is 31.1 Å². The highest BCUT2D eigenvalue weighted by atomic mass is 19.4. The van der Waals surface area contributed by atoms with Gasteiger partial charge in [0.25, 0.3) is 0 Å². The van der Waals surface area contributed by atoms with Gasteiger partial charge in [-0.15, -0.1) is 5.10 Å². The number of aryl methyl sites for hydroxylation is 2. The van der Waals surface area contributed by atoms with Crippen molar-refractivity contribution < 1.29 is 22.7 Å². The van der Waals surface area contributed by atoms with Gasteiger partial charge in [0.05, 0.1) is 25.4 Å². The lowest BCUT2D eigenvalue weighted by Crippen LogP contribution is -2.39. The highest BCUT2D eigenvalue weighted by molar-refractivity contribution is 5.94. The number of nitrogens with zero attached hydrogens (tertiary/aromatic N) is 8. The van der Waals surface area contributed by atoms with Crippen LogP contribution in [0.2, 0.25) is 0 Å². The number of carbonyl (C=O) groups is 1. The van der Waals surface area contributed by atoms with Gasteiger partial charge in [0.15, 0.2) is 11.5 Å². The van der Waals surface area contributed by atoms with Crippen LogP contribution < -0.4 is 9.64 Å². The number of carbonyl (C=O) groups excluding carboxylic acids is 1. The summed E-state index contributed by atoms with van der Waals surface area (Å²) in [7, 11) is 3.06. The van der Waals surface area contributed by atoms with E-state index >= 15 is 0 Å². The van der Waals surface area contributed by atoms with Gasteiger partial charge in [-0.05, 0) is 25.3 Å². The number of ether oxygens (including phenoxy) is 1. The number of fused-ring (bicyclic) bond motifs is 1. The lowest BCUT2D eigenvalue weighted by molar-refractivity contribution is -0.140. The molecule has 202 valence electrons. The highest BCUT2D eigenvalue weighted by Gasteiger charge is 2.37. The van der Waals surface area contributed by atoms with Gasteiger partial charge < -0.3 is 9.30 Å². The molecule has 6 rings (SSSR count). The quantitative estimate of drug-likeness (QED) is 0.355. The van der Waals surface area contributed by atoms with Gasteiger partial charge in [-0.3, -0.25) is 9.69 Å². The van der Waals surface area contributed by atoms with E-state index in [-0.39, 0.29) is 18.2 Å². The predicted molar refractivity (Wildman–Crippen MR) is 134 cm³/mol. The van der Waals surface area contributed by atoms with Crippen LogP contribution in [0.4, 0.5) is 19.1 Å². The second-order valence-corrected chi connectivity index (χ2v) is 9.75. The van der Waals surface area contributed by atoms with Crippen molar-refractivity contribution in [3.63, 3.8) is 0 Å². The summed E-state index contributed by atoms with van der Waals surface area (Å²) in [5.74, 6) is 1.60. The fourth-order valence-corrected chi connectivity index (χ4v) is 4.94. The number of hydrogen-bond acceptors (Lipinski definition) is 7. The fourth-order valence-electron chi connectivity index (χ4n) is 4.94. The van der Waals surface area contributed by atoms with Crippen LogP contribution in [0, 0.1) is 0 Å². The number of methoxy groups -OCH3 is 1. The molecule has 0 spiro atoms. The maximum Gasteiger partial charge on any atom is 0.434 e. The normalized spacial score (nSPS) is 16.4. The van der Waals surface area contributed by atoms with Crippen molar-refractivity contribution in [2.75, 3.05) is 12.0 Å². The molecule has 1 atom stereocenters. The van der Waals surface area contributed by atoms with Crippen molar-refractivity contribution in [2.45, 2.75) is 50.9 Å². The summed E-state index contributed by atoms with van der Waals surface area (Å²) in [5, 5.41) is 4.70. The van der Waals surface area contributed by atoms with Crippen LogP contribution in [0.5, 0.6) is 5.88 Å². The van der Waals surface area contributed by atoms with E-state index in [0.717, 1.165) is 30.3 Å². The molecule has 0 N–H and O–H groups in total. The number of halogens is 3. The Morgan fingerprint density at radius 3 is 2.49 bits per heavy atom. The van der Waals surface area contributed by atoms with Crippen LogP contribution in [-0.4, -0.2) is 47.3 Å². The summed E-state index contributed by atoms with van der Waals surface area (Å²) in [4.78, 5) is 32.0. The number of amides is 1. The number of imidazole rings is 1. The topological polar surface area (TPSA) is 104 Å². The van der Waals surface area contributed by atoms with Crippen LogP contribution >= 0.6 is 0 Å². The van der Waals surface area contributed by atoms with E-state index in [1.807, 2.05) is 6.92 Å². The Balaban J connectivity index is 1.33. The van der Waals surface area contributed by atoms with Gasteiger partial charge in [0.2, 0.25) is 17.7 Å². The summed E-state index contributed by atoms with van der Waals surface area (Å²) in [6.07, 6.45) is 0.210. The van der Waals surface area contributed by atoms with E-state index in [2.05, 4.69) is 15.0 Å². The maximum atomic E-state index is 13.1. The van der Waals surface area contributed by atoms with Crippen molar-refractivity contribution in [1.29, 1.82) is 0 Å². The molecule has 1 aliphatic heterocycles. The molecule has 1 fully saturated rings. The summed E-state index contributed by atoms with van der Waals surface area (Å²) in [5.41, 5.74) is 1.85. The van der Waals surface area contributed by atoms with E-state index in [1.54, 1.807) is 33.8 Å². The first-order valence-electron chi connectivity index (χ1n) is 12.5. The molecule has 0 bridgehead atoms. The van der Waals surface area contributed by atoms with Gasteiger partial charge in [0.1, 0.15) is 17.7 Å². The first-order valence-corrected chi connectivity index (χ1v) is 12.5. The largest absolute Gasteiger partial charge is 0.480 e. The van der Waals surface area contributed by atoms with Crippen molar-refractivity contribution in [3.05, 3.63) is 53.7 Å². The molecule has 13 heteroatoms. The zero-order chi connectivity index (χ0) is 27.5. The third-order valence-corrected chi connectivity index (χ3v) is 7.10. The van der Waals surface area contributed by atoms with E-state index in [9.17, 15) is 18.0 Å². The smallest absolute Gasteiger partial charge is 0.434 e. The molecule has 1 aliphatic carbocycles. The molecule has 0 radical (unpaired) electrons. The van der Waals surface area contributed by atoms with Crippen LogP contribution in [0.15, 0.2) is 36.8 Å². The van der Waals surface area contributed by atoms with Gasteiger partial charge in [-0.25, -0.2) is 19.6 Å². The van der Waals surface area contributed by atoms with Crippen molar-refractivity contribution in [1.82, 2.24) is 34.3 Å². The van der Waals surface area contributed by atoms with E-state index in [0.29, 0.717) is 41.2 Å². The first kappa shape index (κ1) is 25.0. The van der Waals surface area contributed by atoms with E-state index in [1.165, 1.54) is 25.1 Å². The average molecular weight is 539 g/mol. The summed E-state index contributed by atoms with van der Waals surface area (Å²) >= 11 is 0. The Bertz CT molecular complexity index is 1560. The lowest BCUT2D eigenvalue weighted by Gasteiger charge is -2.31. The average Bonchev–Trinajstić information content (AvgIpc) is 3.55.